The van der Waals surface area contributed by atoms with Crippen molar-refractivity contribution in [1.82, 2.24) is 0 Å². The number of phenolic OH excluding ortho intramolecular Hbond substituents is 13. The van der Waals surface area contributed by atoms with Gasteiger partial charge in [0.25, 0.3) is 5.79 Å². The van der Waals surface area contributed by atoms with Gasteiger partial charge in [0.2, 0.25) is 46.9 Å². The summed E-state index contributed by atoms with van der Waals surface area (Å²) in [6, 6.07) is 2.33. The van der Waals surface area contributed by atoms with Crippen molar-refractivity contribution < 1.29 is 158 Å². The number of aromatic carboxylic acids is 1. The third-order valence-electron chi connectivity index (χ3n) is 13.2. The molecule has 4 heterocycles. The SMILES string of the molecule is O=C1O[C@H]2[C@H](OC(=O)c3cc(O)c(O)c(O)c3)O[C@@H]3COC(=O)c4cc(O)c(O)c(O)c4-c4c(cc(Oc5c(C(=O)O)cc(O)c(O)c5O)c(O)c4O)C(=O)O[C@H]2[C@@H]3OC(=O)c2cc(O)c(O)c3c2C2C1=CC(=O)C(O)(O3)C2(O)O. The Labute approximate surface area is 438 Å². The first-order chi connectivity index (χ1) is 37.5. The lowest BCUT2D eigenvalue weighted by Crippen LogP contribution is -2.70. The number of esters is 5. The van der Waals surface area contributed by atoms with Gasteiger partial charge in [0.1, 0.15) is 18.3 Å². The lowest BCUT2D eigenvalue weighted by molar-refractivity contribution is -0.339. The largest absolute Gasteiger partial charge is 0.504 e. The highest BCUT2D eigenvalue weighted by molar-refractivity contribution is 6.10. The van der Waals surface area contributed by atoms with Gasteiger partial charge in [0, 0.05) is 28.8 Å². The Morgan fingerprint density at radius 3 is 1.75 bits per heavy atom. The number of carbonyl (C=O) groups excluding carboxylic acids is 6. The summed E-state index contributed by atoms with van der Waals surface area (Å²) in [5.74, 6) is -46.3. The molecule has 10 rings (SSSR count). The molecule has 6 bridgehead atoms. The van der Waals surface area contributed by atoms with Crippen LogP contribution >= 0.6 is 0 Å². The number of hydrogen-bond acceptors (Lipinski definition) is 31. The quantitative estimate of drug-likeness (QED) is 0.0469. The van der Waals surface area contributed by atoms with Gasteiger partial charge in [-0.25, -0.2) is 28.8 Å². The van der Waals surface area contributed by atoms with Crippen LogP contribution in [0.1, 0.15) is 63.3 Å². The van der Waals surface area contributed by atoms with E-state index < -0.39 is 238 Å². The zero-order chi connectivity index (χ0) is 58.3. The van der Waals surface area contributed by atoms with Crippen LogP contribution in [-0.2, 0) is 38.0 Å². The highest BCUT2D eigenvalue weighted by Crippen LogP contribution is 2.59. The molecule has 1 fully saturated rings. The number of aromatic hydroxyl groups is 13. The molecular weight excluding hydrogens is 1090 g/mol. The summed E-state index contributed by atoms with van der Waals surface area (Å²) in [5, 5.41) is 184. The average Bonchev–Trinajstić information content (AvgIpc) is 3.59. The van der Waals surface area contributed by atoms with Crippen molar-refractivity contribution in [2.45, 2.75) is 48.2 Å². The van der Waals surface area contributed by atoms with Crippen molar-refractivity contribution in [3.8, 4) is 103 Å². The van der Waals surface area contributed by atoms with Gasteiger partial charge in [0.15, 0.2) is 75.5 Å². The Hall–Kier alpha value is -10.8. The van der Waals surface area contributed by atoms with Crippen LogP contribution < -0.4 is 9.47 Å². The fourth-order valence-electron chi connectivity index (χ4n) is 9.32. The van der Waals surface area contributed by atoms with E-state index in [1.807, 2.05) is 0 Å². The molecule has 17 N–H and O–H groups in total. The molecule has 0 radical (unpaired) electrons. The van der Waals surface area contributed by atoms with Crippen molar-refractivity contribution in [3.05, 3.63) is 81.4 Å². The van der Waals surface area contributed by atoms with Crippen LogP contribution in [0.25, 0.3) is 11.1 Å². The number of cyclic esters (lactones) is 1. The maximum Gasteiger partial charge on any atom is 0.340 e. The first kappa shape index (κ1) is 52.6. The van der Waals surface area contributed by atoms with Crippen LogP contribution in [0.4, 0.5) is 0 Å². The first-order valence-corrected chi connectivity index (χ1v) is 22.2. The summed E-state index contributed by atoms with van der Waals surface area (Å²) in [4.78, 5) is 98.9. The van der Waals surface area contributed by atoms with Crippen molar-refractivity contribution in [2.24, 2.45) is 0 Å². The zero-order valence-corrected chi connectivity index (χ0v) is 38.9. The van der Waals surface area contributed by atoms with Crippen molar-refractivity contribution >= 4 is 41.6 Å². The number of carboxylic acids is 1. The minimum Gasteiger partial charge on any atom is -0.504 e. The molecule has 1 saturated heterocycles. The van der Waals surface area contributed by atoms with Gasteiger partial charge in [-0.15, -0.1) is 0 Å². The second-order valence-corrected chi connectivity index (χ2v) is 17.8. The van der Waals surface area contributed by atoms with Gasteiger partial charge in [-0.05, 0) is 30.3 Å². The Kier molecular flexibility index (Phi) is 11.8. The molecule has 416 valence electrons. The Bertz CT molecular complexity index is 3700. The predicted octanol–water partition coefficient (Wildman–Crippen LogP) is -0.200. The second kappa shape index (κ2) is 17.9. The number of carbonyl (C=O) groups is 7. The summed E-state index contributed by atoms with van der Waals surface area (Å²) in [7, 11) is 0. The van der Waals surface area contributed by atoms with Crippen molar-refractivity contribution in [1.29, 1.82) is 0 Å². The average molecular weight is 1120 g/mol. The molecule has 32 heteroatoms. The van der Waals surface area contributed by atoms with Crippen LogP contribution in [0.2, 0.25) is 0 Å². The molecule has 7 atom stereocenters. The molecule has 0 aromatic heterocycles. The third-order valence-corrected chi connectivity index (χ3v) is 13.2. The van der Waals surface area contributed by atoms with E-state index in [-0.39, 0.29) is 12.1 Å². The van der Waals surface area contributed by atoms with E-state index >= 15 is 4.79 Å². The lowest BCUT2D eigenvalue weighted by atomic mass is 9.70. The highest BCUT2D eigenvalue weighted by Gasteiger charge is 2.70. The van der Waals surface area contributed by atoms with E-state index in [2.05, 4.69) is 0 Å². The number of benzene rings is 5. The lowest BCUT2D eigenvalue weighted by Gasteiger charge is -2.49. The maximum absolute atomic E-state index is 15.2. The van der Waals surface area contributed by atoms with Gasteiger partial charge >= 0.3 is 41.6 Å². The van der Waals surface area contributed by atoms with Gasteiger partial charge in [0.05, 0.1) is 33.7 Å². The molecule has 2 unspecified atom stereocenters. The fraction of sp³-hybridized carbons (Fsp3) is 0.188. The molecule has 5 aromatic rings. The topological polar surface area (TPSA) is 537 Å². The number of aliphatic hydroxyl groups is 3. The number of carboxylic acid groups (broad SMARTS) is 1. The predicted molar refractivity (Wildman–Crippen MR) is 241 cm³/mol. The van der Waals surface area contributed by atoms with Crippen molar-refractivity contribution in [3.63, 3.8) is 0 Å². The van der Waals surface area contributed by atoms with E-state index in [0.29, 0.717) is 30.3 Å². The maximum atomic E-state index is 15.2. The van der Waals surface area contributed by atoms with Gasteiger partial charge in [-0.1, -0.05) is 0 Å². The summed E-state index contributed by atoms with van der Waals surface area (Å²) < 4.78 is 44.6. The summed E-state index contributed by atoms with van der Waals surface area (Å²) in [6.45, 7) is -1.40. The first-order valence-electron chi connectivity index (χ1n) is 22.2. The van der Waals surface area contributed by atoms with Gasteiger partial charge < -0.3 is 125 Å². The van der Waals surface area contributed by atoms with Crippen LogP contribution in [0.3, 0.4) is 0 Å². The normalized spacial score (nSPS) is 23.5. The number of ether oxygens (including phenoxy) is 8. The molecule has 80 heavy (non-hydrogen) atoms. The molecule has 5 aromatic carbocycles. The summed E-state index contributed by atoms with van der Waals surface area (Å²) >= 11 is 0. The molecule has 1 aliphatic carbocycles. The van der Waals surface area contributed by atoms with E-state index in [0.717, 1.165) is 0 Å². The number of ketones is 1. The summed E-state index contributed by atoms with van der Waals surface area (Å²) in [6.07, 6.45) is -13.0. The van der Waals surface area contributed by atoms with Gasteiger partial charge in [-0.3, -0.25) is 4.79 Å². The molecule has 4 aliphatic heterocycles. The molecule has 5 aliphatic rings. The number of rotatable bonds is 5. The van der Waals surface area contributed by atoms with Crippen LogP contribution in [0.15, 0.2) is 48.0 Å². The smallest absolute Gasteiger partial charge is 0.340 e. The molecule has 0 amide bonds. The minimum absolute atomic E-state index is 0.183. The monoisotopic (exact) mass is 1120 g/mol. The van der Waals surface area contributed by atoms with E-state index in [1.54, 1.807) is 0 Å². The minimum atomic E-state index is -4.08. The van der Waals surface area contributed by atoms with E-state index in [1.165, 1.54) is 0 Å². The number of hydrogen-bond donors (Lipinski definition) is 17. The molecule has 0 saturated carbocycles. The van der Waals surface area contributed by atoms with Gasteiger partial charge in [-0.2, -0.15) is 0 Å². The summed E-state index contributed by atoms with van der Waals surface area (Å²) in [5.41, 5.74) is -10.7. The van der Waals surface area contributed by atoms with Crippen LogP contribution in [0.5, 0.6) is 92.0 Å². The Morgan fingerprint density at radius 2 is 1.10 bits per heavy atom. The fourth-order valence-corrected chi connectivity index (χ4v) is 9.32. The van der Waals surface area contributed by atoms with E-state index in [9.17, 15) is 116 Å². The number of phenols is 13. The molecule has 0 spiro atoms. The highest BCUT2D eigenvalue weighted by atomic mass is 16.8. The van der Waals surface area contributed by atoms with Crippen LogP contribution in [0, 0.1) is 0 Å². The van der Waals surface area contributed by atoms with Crippen molar-refractivity contribution in [2.75, 3.05) is 6.61 Å². The molecular formula is C48H32O32. The number of fused-ring (bicyclic) bond motifs is 4. The molecule has 32 nitrogen and oxygen atoms in total. The second-order valence-electron chi connectivity index (χ2n) is 17.8. The Balaban J connectivity index is 1.23. The Morgan fingerprint density at radius 1 is 0.562 bits per heavy atom. The van der Waals surface area contributed by atoms with E-state index in [4.69, 9.17) is 37.9 Å². The van der Waals surface area contributed by atoms with Crippen LogP contribution in [-0.4, -0.2) is 177 Å². The standard InChI is InChI=1S/C48H32O32/c49-15-1-9(2-16(50)27(15)55)41(65)79-46-39-38-36(76-43(67)11-4-19(53)30(58)37-25(11)26-13(45(69)78-39)7-22(54)48(72,80-37)47(26,70)71)21(75-46)8-73-42(66)10-3-17(51)28(56)32(60)23(10)24-12(44(68)77-38)6-20(31(59)33(24)61)74-35-14(40(63)64)5-18(52)29(57)34(35)62/h1-7,21,26,36,38-39,46,49-53,55-62,70-72H,8H2,(H,63,64)/t21-,26?,36-,38+,39-,46+,48?/m1/s1. The third kappa shape index (κ3) is 7.64. The zero-order valence-electron chi connectivity index (χ0n) is 38.9.